The van der Waals surface area contributed by atoms with Crippen LogP contribution in [0.4, 0.5) is 4.79 Å². The van der Waals surface area contributed by atoms with Gasteiger partial charge in [-0.1, -0.05) is 42.5 Å². The monoisotopic (exact) mass is 365 g/mol. The van der Waals surface area contributed by atoms with Crippen molar-refractivity contribution in [1.29, 1.82) is 0 Å². The number of rotatable bonds is 6. The molecule has 4 nitrogen and oxygen atoms in total. The molecule has 5 heteroatoms. The SMILES string of the molecule is C=CCc1cc(/C=C2\SC(=O)N(C)C2=O)ccc1OCc1ccccc1. The second-order valence-corrected chi connectivity index (χ2v) is 6.87. The minimum absolute atomic E-state index is 0.254. The zero-order valence-electron chi connectivity index (χ0n) is 14.5. The van der Waals surface area contributed by atoms with E-state index in [0.717, 1.165) is 39.1 Å². The third kappa shape index (κ3) is 4.06. The Hall–Kier alpha value is -2.79. The van der Waals surface area contributed by atoms with Crippen LogP contribution in [0, 0.1) is 0 Å². The van der Waals surface area contributed by atoms with E-state index in [9.17, 15) is 9.59 Å². The lowest BCUT2D eigenvalue weighted by Crippen LogP contribution is -2.22. The Morgan fingerprint density at radius 3 is 2.58 bits per heavy atom. The van der Waals surface area contributed by atoms with Crippen LogP contribution >= 0.6 is 11.8 Å². The second-order valence-electron chi connectivity index (χ2n) is 5.87. The average molecular weight is 365 g/mol. The van der Waals surface area contributed by atoms with Gasteiger partial charge in [0.1, 0.15) is 12.4 Å². The van der Waals surface area contributed by atoms with Gasteiger partial charge in [-0.3, -0.25) is 14.5 Å². The smallest absolute Gasteiger partial charge is 0.293 e. The van der Waals surface area contributed by atoms with Crippen molar-refractivity contribution in [1.82, 2.24) is 4.90 Å². The zero-order chi connectivity index (χ0) is 18.5. The Balaban J connectivity index is 1.81. The third-order valence-corrected chi connectivity index (χ3v) is 4.93. The molecule has 1 aliphatic heterocycles. The van der Waals surface area contributed by atoms with Crippen LogP contribution in [0.3, 0.4) is 0 Å². The van der Waals surface area contributed by atoms with Crippen molar-refractivity contribution in [3.63, 3.8) is 0 Å². The highest BCUT2D eigenvalue weighted by molar-refractivity contribution is 8.18. The fourth-order valence-electron chi connectivity index (χ4n) is 2.58. The number of amides is 2. The molecule has 2 aromatic carbocycles. The van der Waals surface area contributed by atoms with Crippen molar-refractivity contribution in [2.24, 2.45) is 0 Å². The standard InChI is InChI=1S/C21H19NO3S/c1-3-7-17-12-16(13-19-20(23)22(2)21(24)26-19)10-11-18(17)25-14-15-8-5-4-6-9-15/h3-6,8-13H,1,7,14H2,2H3/b19-13-. The lowest BCUT2D eigenvalue weighted by Gasteiger charge is -2.12. The van der Waals surface area contributed by atoms with E-state index in [1.165, 1.54) is 7.05 Å². The van der Waals surface area contributed by atoms with E-state index in [4.69, 9.17) is 4.74 Å². The van der Waals surface area contributed by atoms with Gasteiger partial charge in [0.2, 0.25) is 0 Å². The molecule has 1 fully saturated rings. The van der Waals surface area contributed by atoms with Gasteiger partial charge in [-0.25, -0.2) is 0 Å². The first kappa shape index (κ1) is 18.0. The summed E-state index contributed by atoms with van der Waals surface area (Å²) in [6, 6.07) is 15.7. The van der Waals surface area contributed by atoms with Crippen LogP contribution in [0.25, 0.3) is 6.08 Å². The largest absolute Gasteiger partial charge is 0.489 e. The summed E-state index contributed by atoms with van der Waals surface area (Å²) >= 11 is 0.955. The molecule has 2 aromatic rings. The van der Waals surface area contributed by atoms with E-state index >= 15 is 0 Å². The molecule has 0 aliphatic carbocycles. The van der Waals surface area contributed by atoms with Crippen molar-refractivity contribution >= 4 is 29.0 Å². The molecule has 1 saturated heterocycles. The maximum atomic E-state index is 12.0. The predicted molar refractivity (Wildman–Crippen MR) is 105 cm³/mol. The quantitative estimate of drug-likeness (QED) is 0.552. The van der Waals surface area contributed by atoms with Crippen LogP contribution in [0.2, 0.25) is 0 Å². The normalized spacial score (nSPS) is 15.6. The van der Waals surface area contributed by atoms with E-state index in [1.54, 1.807) is 6.08 Å². The summed E-state index contributed by atoms with van der Waals surface area (Å²) in [5.74, 6) is 0.518. The van der Waals surface area contributed by atoms with Gasteiger partial charge >= 0.3 is 0 Å². The number of benzene rings is 2. The number of allylic oxidation sites excluding steroid dienone is 1. The number of nitrogens with zero attached hydrogens (tertiary/aromatic N) is 1. The van der Waals surface area contributed by atoms with E-state index < -0.39 is 0 Å². The van der Waals surface area contributed by atoms with Crippen molar-refractivity contribution in [3.8, 4) is 5.75 Å². The molecule has 0 aromatic heterocycles. The van der Waals surface area contributed by atoms with E-state index in [-0.39, 0.29) is 11.1 Å². The van der Waals surface area contributed by atoms with Crippen LogP contribution in [0.15, 0.2) is 66.1 Å². The summed E-state index contributed by atoms with van der Waals surface area (Å²) in [6.45, 7) is 4.28. The van der Waals surface area contributed by atoms with Gasteiger partial charge in [-0.05, 0) is 53.1 Å². The molecule has 0 bridgehead atoms. The van der Waals surface area contributed by atoms with Crippen molar-refractivity contribution < 1.29 is 14.3 Å². The van der Waals surface area contributed by atoms with Gasteiger partial charge in [0.15, 0.2) is 0 Å². The van der Waals surface area contributed by atoms with Gasteiger partial charge < -0.3 is 4.74 Å². The molecule has 0 unspecified atom stereocenters. The number of likely N-dealkylation sites (N-methyl/N-ethyl adjacent to an activating group) is 1. The first-order chi connectivity index (χ1) is 12.6. The summed E-state index contributed by atoms with van der Waals surface area (Å²) in [7, 11) is 1.49. The second kappa shape index (κ2) is 8.06. The van der Waals surface area contributed by atoms with Crippen LogP contribution < -0.4 is 4.74 Å². The number of ether oxygens (including phenoxy) is 1. The molecule has 3 rings (SSSR count). The first-order valence-corrected chi connectivity index (χ1v) is 9.02. The molecule has 0 atom stereocenters. The van der Waals surface area contributed by atoms with Gasteiger partial charge in [0.25, 0.3) is 11.1 Å². The topological polar surface area (TPSA) is 46.6 Å². The lowest BCUT2D eigenvalue weighted by atomic mass is 10.1. The summed E-state index contributed by atoms with van der Waals surface area (Å²) in [6.07, 6.45) is 4.21. The molecular weight excluding hydrogens is 346 g/mol. The molecule has 2 amide bonds. The number of thioether (sulfide) groups is 1. The predicted octanol–water partition coefficient (Wildman–Crippen LogP) is 4.66. The molecular formula is C21H19NO3S. The fraction of sp³-hybridized carbons (Fsp3) is 0.143. The van der Waals surface area contributed by atoms with Gasteiger partial charge in [0.05, 0.1) is 4.91 Å². The van der Waals surface area contributed by atoms with Crippen molar-refractivity contribution in [3.05, 3.63) is 82.8 Å². The van der Waals surface area contributed by atoms with Crippen LogP contribution in [0.1, 0.15) is 16.7 Å². The molecule has 1 aliphatic rings. The fourth-order valence-corrected chi connectivity index (χ4v) is 3.40. The number of hydrogen-bond acceptors (Lipinski definition) is 4. The Kier molecular flexibility index (Phi) is 5.58. The highest BCUT2D eigenvalue weighted by Gasteiger charge is 2.31. The van der Waals surface area contributed by atoms with Gasteiger partial charge in [0, 0.05) is 7.05 Å². The first-order valence-electron chi connectivity index (χ1n) is 8.20. The minimum atomic E-state index is -0.269. The van der Waals surface area contributed by atoms with E-state index in [2.05, 4.69) is 6.58 Å². The maximum absolute atomic E-state index is 12.0. The molecule has 26 heavy (non-hydrogen) atoms. The molecule has 1 heterocycles. The van der Waals surface area contributed by atoms with Gasteiger partial charge in [-0.15, -0.1) is 6.58 Å². The Morgan fingerprint density at radius 1 is 1.15 bits per heavy atom. The van der Waals surface area contributed by atoms with Crippen LogP contribution in [-0.2, 0) is 17.8 Å². The lowest BCUT2D eigenvalue weighted by molar-refractivity contribution is -0.121. The highest BCUT2D eigenvalue weighted by Crippen LogP contribution is 2.32. The number of carbonyl (C=O) groups is 2. The highest BCUT2D eigenvalue weighted by atomic mass is 32.2. The third-order valence-electron chi connectivity index (χ3n) is 3.97. The molecule has 0 saturated carbocycles. The summed E-state index contributed by atoms with van der Waals surface area (Å²) in [4.78, 5) is 25.2. The number of carbonyl (C=O) groups excluding carboxylic acids is 2. The Morgan fingerprint density at radius 2 is 1.92 bits per heavy atom. The molecule has 0 spiro atoms. The summed E-state index contributed by atoms with van der Waals surface area (Å²) in [5.41, 5.74) is 2.94. The van der Waals surface area contributed by atoms with E-state index in [1.807, 2.05) is 54.6 Å². The maximum Gasteiger partial charge on any atom is 0.293 e. The molecule has 0 N–H and O–H groups in total. The van der Waals surface area contributed by atoms with Crippen molar-refractivity contribution in [2.75, 3.05) is 7.05 Å². The average Bonchev–Trinajstić information content (AvgIpc) is 2.89. The summed E-state index contributed by atoms with van der Waals surface area (Å²) < 4.78 is 5.95. The minimum Gasteiger partial charge on any atom is -0.489 e. The van der Waals surface area contributed by atoms with Crippen LogP contribution in [0.5, 0.6) is 5.75 Å². The molecule has 0 radical (unpaired) electrons. The van der Waals surface area contributed by atoms with E-state index in [0.29, 0.717) is 17.9 Å². The number of imide groups is 1. The molecule has 132 valence electrons. The zero-order valence-corrected chi connectivity index (χ0v) is 15.3. The Bertz CT molecular complexity index is 874. The summed E-state index contributed by atoms with van der Waals surface area (Å²) in [5, 5.41) is -0.254. The number of hydrogen-bond donors (Lipinski definition) is 0. The van der Waals surface area contributed by atoms with Gasteiger partial charge in [-0.2, -0.15) is 0 Å². The Labute approximate surface area is 157 Å². The van der Waals surface area contributed by atoms with Crippen LogP contribution in [-0.4, -0.2) is 23.1 Å². The van der Waals surface area contributed by atoms with Crippen molar-refractivity contribution in [2.45, 2.75) is 13.0 Å².